The van der Waals surface area contributed by atoms with Gasteiger partial charge in [-0.05, 0) is 24.8 Å². The predicted molar refractivity (Wildman–Crippen MR) is 60.3 cm³/mol. The molecule has 1 rings (SSSR count). The first-order chi connectivity index (χ1) is 6.67. The number of hydrogen-bond donors (Lipinski definition) is 1. The van der Waals surface area contributed by atoms with Crippen LogP contribution in [0.2, 0.25) is 0 Å². The van der Waals surface area contributed by atoms with Crippen LogP contribution in [0.5, 0.6) is 0 Å². The molecule has 0 aromatic carbocycles. The SMILES string of the molecule is CCC(CC)CN1CCC(C)C(O)C1. The van der Waals surface area contributed by atoms with Crippen LogP contribution in [-0.2, 0) is 0 Å². The van der Waals surface area contributed by atoms with E-state index in [2.05, 4.69) is 25.7 Å². The first-order valence-corrected chi connectivity index (χ1v) is 6.07. The summed E-state index contributed by atoms with van der Waals surface area (Å²) in [6.45, 7) is 9.91. The summed E-state index contributed by atoms with van der Waals surface area (Å²) in [5.41, 5.74) is 0. The minimum Gasteiger partial charge on any atom is -0.392 e. The molecule has 0 saturated carbocycles. The molecule has 1 aliphatic rings. The number of hydrogen-bond acceptors (Lipinski definition) is 2. The molecule has 2 unspecified atom stereocenters. The fourth-order valence-electron chi connectivity index (χ4n) is 2.19. The zero-order valence-corrected chi connectivity index (χ0v) is 9.87. The van der Waals surface area contributed by atoms with Gasteiger partial charge in [0.15, 0.2) is 0 Å². The van der Waals surface area contributed by atoms with Crippen molar-refractivity contribution in [3.05, 3.63) is 0 Å². The quantitative estimate of drug-likeness (QED) is 0.749. The average Bonchev–Trinajstić information content (AvgIpc) is 2.19. The van der Waals surface area contributed by atoms with E-state index in [0.29, 0.717) is 5.92 Å². The van der Waals surface area contributed by atoms with Crippen LogP contribution >= 0.6 is 0 Å². The van der Waals surface area contributed by atoms with Crippen molar-refractivity contribution in [3.8, 4) is 0 Å². The second-order valence-electron chi connectivity index (χ2n) is 4.78. The molecule has 0 aromatic heterocycles. The summed E-state index contributed by atoms with van der Waals surface area (Å²) < 4.78 is 0. The standard InChI is InChI=1S/C12H25NO/c1-4-11(5-2)8-13-7-6-10(3)12(14)9-13/h10-12,14H,4-9H2,1-3H3. The molecule has 0 aromatic rings. The van der Waals surface area contributed by atoms with E-state index in [4.69, 9.17) is 0 Å². The third-order valence-corrected chi connectivity index (χ3v) is 3.67. The van der Waals surface area contributed by atoms with E-state index < -0.39 is 0 Å². The maximum atomic E-state index is 9.76. The molecule has 1 fully saturated rings. The number of likely N-dealkylation sites (tertiary alicyclic amines) is 1. The Bertz CT molecular complexity index is 156. The highest BCUT2D eigenvalue weighted by Crippen LogP contribution is 2.19. The maximum Gasteiger partial charge on any atom is 0.0693 e. The third-order valence-electron chi connectivity index (χ3n) is 3.67. The Morgan fingerprint density at radius 3 is 2.50 bits per heavy atom. The van der Waals surface area contributed by atoms with Crippen LogP contribution in [0.3, 0.4) is 0 Å². The van der Waals surface area contributed by atoms with Gasteiger partial charge in [0.2, 0.25) is 0 Å². The normalized spacial score (nSPS) is 29.8. The van der Waals surface area contributed by atoms with E-state index in [-0.39, 0.29) is 6.10 Å². The molecule has 0 spiro atoms. The number of nitrogens with zero attached hydrogens (tertiary/aromatic N) is 1. The largest absolute Gasteiger partial charge is 0.392 e. The van der Waals surface area contributed by atoms with Crippen molar-refractivity contribution in [1.82, 2.24) is 4.90 Å². The number of β-amino-alcohol motifs (C(OH)–C–C–N with tert-alkyl or cyclic N) is 1. The smallest absolute Gasteiger partial charge is 0.0693 e. The molecular formula is C12H25NO. The van der Waals surface area contributed by atoms with E-state index in [1.54, 1.807) is 0 Å². The molecule has 14 heavy (non-hydrogen) atoms. The van der Waals surface area contributed by atoms with Gasteiger partial charge in [-0.3, -0.25) is 0 Å². The number of rotatable bonds is 4. The fourth-order valence-corrected chi connectivity index (χ4v) is 2.19. The van der Waals surface area contributed by atoms with Crippen molar-refractivity contribution in [2.24, 2.45) is 11.8 Å². The van der Waals surface area contributed by atoms with Gasteiger partial charge < -0.3 is 10.0 Å². The molecule has 0 bridgehead atoms. The summed E-state index contributed by atoms with van der Waals surface area (Å²) in [5.74, 6) is 1.31. The highest BCUT2D eigenvalue weighted by atomic mass is 16.3. The Balaban J connectivity index is 2.32. The minimum absolute atomic E-state index is 0.0990. The van der Waals surface area contributed by atoms with Crippen LogP contribution in [0.1, 0.15) is 40.0 Å². The second kappa shape index (κ2) is 5.72. The molecule has 0 amide bonds. The molecule has 0 aliphatic carbocycles. The van der Waals surface area contributed by atoms with Gasteiger partial charge in [-0.25, -0.2) is 0 Å². The van der Waals surface area contributed by atoms with Crippen molar-refractivity contribution >= 4 is 0 Å². The van der Waals surface area contributed by atoms with E-state index in [1.165, 1.54) is 25.9 Å². The highest BCUT2D eigenvalue weighted by Gasteiger charge is 2.24. The van der Waals surface area contributed by atoms with Crippen molar-refractivity contribution in [1.29, 1.82) is 0 Å². The molecule has 2 atom stereocenters. The first kappa shape index (κ1) is 12.0. The second-order valence-corrected chi connectivity index (χ2v) is 4.78. The predicted octanol–water partition coefficient (Wildman–Crippen LogP) is 2.13. The first-order valence-electron chi connectivity index (χ1n) is 6.07. The Hall–Kier alpha value is -0.0800. The molecular weight excluding hydrogens is 174 g/mol. The topological polar surface area (TPSA) is 23.5 Å². The van der Waals surface area contributed by atoms with Gasteiger partial charge in [0.05, 0.1) is 6.10 Å². The van der Waals surface area contributed by atoms with Crippen LogP contribution in [-0.4, -0.2) is 35.7 Å². The van der Waals surface area contributed by atoms with Crippen molar-refractivity contribution in [2.45, 2.75) is 46.1 Å². The average molecular weight is 199 g/mol. The molecule has 0 radical (unpaired) electrons. The summed E-state index contributed by atoms with van der Waals surface area (Å²) in [5, 5.41) is 9.76. The van der Waals surface area contributed by atoms with Gasteiger partial charge in [-0.15, -0.1) is 0 Å². The van der Waals surface area contributed by atoms with Crippen LogP contribution in [0.15, 0.2) is 0 Å². The van der Waals surface area contributed by atoms with E-state index in [1.807, 2.05) is 0 Å². The Morgan fingerprint density at radius 2 is 2.00 bits per heavy atom. The Morgan fingerprint density at radius 1 is 1.36 bits per heavy atom. The Labute approximate surface area is 88.3 Å². The van der Waals surface area contributed by atoms with Gasteiger partial charge in [0.1, 0.15) is 0 Å². The summed E-state index contributed by atoms with van der Waals surface area (Å²) in [7, 11) is 0. The maximum absolute atomic E-state index is 9.76. The number of aliphatic hydroxyl groups excluding tert-OH is 1. The molecule has 1 heterocycles. The van der Waals surface area contributed by atoms with Gasteiger partial charge in [-0.1, -0.05) is 33.6 Å². The lowest BCUT2D eigenvalue weighted by Gasteiger charge is -2.36. The number of aliphatic hydroxyl groups is 1. The van der Waals surface area contributed by atoms with Crippen molar-refractivity contribution in [3.63, 3.8) is 0 Å². The van der Waals surface area contributed by atoms with Crippen LogP contribution in [0.25, 0.3) is 0 Å². The molecule has 2 heteroatoms. The molecule has 1 saturated heterocycles. The van der Waals surface area contributed by atoms with Gasteiger partial charge in [0.25, 0.3) is 0 Å². The molecule has 84 valence electrons. The molecule has 1 N–H and O–H groups in total. The highest BCUT2D eigenvalue weighted by molar-refractivity contribution is 4.78. The molecule has 1 aliphatic heterocycles. The fraction of sp³-hybridized carbons (Fsp3) is 1.00. The summed E-state index contributed by atoms with van der Waals surface area (Å²) in [6.07, 6.45) is 3.58. The lowest BCUT2D eigenvalue weighted by Crippen LogP contribution is -2.44. The van der Waals surface area contributed by atoms with Crippen LogP contribution < -0.4 is 0 Å². The summed E-state index contributed by atoms with van der Waals surface area (Å²) >= 11 is 0. The summed E-state index contributed by atoms with van der Waals surface area (Å²) in [4.78, 5) is 2.43. The van der Waals surface area contributed by atoms with Crippen molar-refractivity contribution < 1.29 is 5.11 Å². The monoisotopic (exact) mass is 199 g/mol. The van der Waals surface area contributed by atoms with E-state index in [9.17, 15) is 5.11 Å². The zero-order valence-electron chi connectivity index (χ0n) is 9.87. The van der Waals surface area contributed by atoms with Crippen molar-refractivity contribution in [2.75, 3.05) is 19.6 Å². The molecule has 2 nitrogen and oxygen atoms in total. The lowest BCUT2D eigenvalue weighted by molar-refractivity contribution is 0.0224. The summed E-state index contributed by atoms with van der Waals surface area (Å²) in [6, 6.07) is 0. The third kappa shape index (κ3) is 3.25. The van der Waals surface area contributed by atoms with Crippen LogP contribution in [0, 0.1) is 11.8 Å². The lowest BCUT2D eigenvalue weighted by atomic mass is 9.94. The van der Waals surface area contributed by atoms with Crippen LogP contribution in [0.4, 0.5) is 0 Å². The van der Waals surface area contributed by atoms with Gasteiger partial charge >= 0.3 is 0 Å². The van der Waals surface area contributed by atoms with E-state index >= 15 is 0 Å². The van der Waals surface area contributed by atoms with Gasteiger partial charge in [0, 0.05) is 13.1 Å². The Kier molecular flexibility index (Phi) is 4.90. The zero-order chi connectivity index (χ0) is 10.6. The number of piperidine rings is 1. The van der Waals surface area contributed by atoms with Gasteiger partial charge in [-0.2, -0.15) is 0 Å². The van der Waals surface area contributed by atoms with E-state index in [0.717, 1.165) is 18.9 Å². The minimum atomic E-state index is -0.0990.